The van der Waals surface area contributed by atoms with E-state index in [1.165, 1.54) is 50.5 Å². The van der Waals surface area contributed by atoms with Gasteiger partial charge in [-0.15, -0.1) is 0 Å². The molecule has 2 rings (SSSR count). The first-order chi connectivity index (χ1) is 9.80. The third-order valence-electron chi connectivity index (χ3n) is 4.68. The number of rotatable bonds is 9. The van der Waals surface area contributed by atoms with Crippen LogP contribution in [0.1, 0.15) is 51.0 Å². The van der Waals surface area contributed by atoms with Gasteiger partial charge in [0.05, 0.1) is 5.60 Å². The Kier molecular flexibility index (Phi) is 6.06. The summed E-state index contributed by atoms with van der Waals surface area (Å²) in [5.41, 5.74) is 1.56. The quantitative estimate of drug-likeness (QED) is 0.737. The van der Waals surface area contributed by atoms with Crippen LogP contribution in [0, 0.1) is 0 Å². The van der Waals surface area contributed by atoms with Crippen LogP contribution in [-0.2, 0) is 11.2 Å². The SMILES string of the molecule is CCCNC(CCCc1ccccc1)C1(OC)CCC1. The van der Waals surface area contributed by atoms with Crippen LogP contribution in [0.25, 0.3) is 0 Å². The van der Waals surface area contributed by atoms with E-state index in [9.17, 15) is 0 Å². The molecule has 0 aliphatic heterocycles. The largest absolute Gasteiger partial charge is 0.377 e. The molecule has 20 heavy (non-hydrogen) atoms. The second kappa shape index (κ2) is 7.80. The van der Waals surface area contributed by atoms with Crippen LogP contribution in [0.5, 0.6) is 0 Å². The average Bonchev–Trinajstić information content (AvgIpc) is 2.44. The van der Waals surface area contributed by atoms with Gasteiger partial charge in [-0.2, -0.15) is 0 Å². The molecule has 1 atom stereocenters. The molecule has 1 unspecified atom stereocenters. The van der Waals surface area contributed by atoms with Crippen LogP contribution in [0.2, 0.25) is 0 Å². The summed E-state index contributed by atoms with van der Waals surface area (Å²) in [7, 11) is 1.89. The maximum atomic E-state index is 5.87. The van der Waals surface area contributed by atoms with Crippen molar-refractivity contribution in [3.63, 3.8) is 0 Å². The van der Waals surface area contributed by atoms with Crippen molar-refractivity contribution in [3.05, 3.63) is 35.9 Å². The molecule has 0 saturated heterocycles. The highest BCUT2D eigenvalue weighted by atomic mass is 16.5. The van der Waals surface area contributed by atoms with Crippen molar-refractivity contribution in [2.24, 2.45) is 0 Å². The molecule has 1 aromatic carbocycles. The fourth-order valence-electron chi connectivity index (χ4n) is 3.24. The molecular formula is C18H29NO. The molecule has 0 radical (unpaired) electrons. The van der Waals surface area contributed by atoms with Gasteiger partial charge >= 0.3 is 0 Å². The van der Waals surface area contributed by atoms with E-state index in [1.807, 2.05) is 7.11 Å². The van der Waals surface area contributed by atoms with E-state index in [2.05, 4.69) is 42.6 Å². The molecule has 1 fully saturated rings. The summed E-state index contributed by atoms with van der Waals surface area (Å²) in [4.78, 5) is 0. The molecule has 0 heterocycles. The first-order valence-electron chi connectivity index (χ1n) is 8.13. The number of hydrogen-bond acceptors (Lipinski definition) is 2. The molecule has 1 aliphatic carbocycles. The molecule has 112 valence electrons. The third-order valence-corrected chi connectivity index (χ3v) is 4.68. The van der Waals surface area contributed by atoms with E-state index in [1.54, 1.807) is 0 Å². The van der Waals surface area contributed by atoms with E-state index in [4.69, 9.17) is 4.74 Å². The minimum absolute atomic E-state index is 0.117. The van der Waals surface area contributed by atoms with Crippen molar-refractivity contribution in [2.45, 2.75) is 63.5 Å². The third kappa shape index (κ3) is 3.83. The summed E-state index contributed by atoms with van der Waals surface area (Å²) in [5.74, 6) is 0. The molecule has 0 spiro atoms. The fourth-order valence-corrected chi connectivity index (χ4v) is 3.24. The lowest BCUT2D eigenvalue weighted by Gasteiger charge is -2.47. The van der Waals surface area contributed by atoms with Crippen LogP contribution in [0.4, 0.5) is 0 Å². The standard InChI is InChI=1S/C18H29NO/c1-3-15-19-17(18(20-2)13-8-14-18)12-7-11-16-9-5-4-6-10-16/h4-6,9-10,17,19H,3,7-8,11-15H2,1-2H3. The van der Waals surface area contributed by atoms with E-state index in [0.717, 1.165) is 6.54 Å². The Labute approximate surface area is 123 Å². The Morgan fingerprint density at radius 1 is 1.25 bits per heavy atom. The Morgan fingerprint density at radius 3 is 2.55 bits per heavy atom. The second-order valence-electron chi connectivity index (χ2n) is 6.01. The smallest absolute Gasteiger partial charge is 0.0831 e. The molecule has 0 bridgehead atoms. The molecule has 2 nitrogen and oxygen atoms in total. The Balaban J connectivity index is 1.84. The number of hydrogen-bond donors (Lipinski definition) is 1. The van der Waals surface area contributed by atoms with Crippen molar-refractivity contribution >= 4 is 0 Å². The van der Waals surface area contributed by atoms with Crippen LogP contribution >= 0.6 is 0 Å². The summed E-state index contributed by atoms with van der Waals surface area (Å²) in [6.07, 6.45) is 8.56. The first-order valence-corrected chi connectivity index (χ1v) is 8.13. The highest BCUT2D eigenvalue weighted by molar-refractivity contribution is 5.14. The average molecular weight is 275 g/mol. The Hall–Kier alpha value is -0.860. The highest BCUT2D eigenvalue weighted by Crippen LogP contribution is 2.39. The van der Waals surface area contributed by atoms with Crippen molar-refractivity contribution in [3.8, 4) is 0 Å². The van der Waals surface area contributed by atoms with Gasteiger partial charge in [0.15, 0.2) is 0 Å². The van der Waals surface area contributed by atoms with Gasteiger partial charge in [-0.05, 0) is 57.1 Å². The van der Waals surface area contributed by atoms with Crippen molar-refractivity contribution in [2.75, 3.05) is 13.7 Å². The summed E-state index contributed by atoms with van der Waals surface area (Å²) >= 11 is 0. The van der Waals surface area contributed by atoms with E-state index >= 15 is 0 Å². The van der Waals surface area contributed by atoms with Gasteiger partial charge in [-0.25, -0.2) is 0 Å². The minimum Gasteiger partial charge on any atom is -0.377 e. The second-order valence-corrected chi connectivity index (χ2v) is 6.01. The molecular weight excluding hydrogens is 246 g/mol. The normalized spacial score (nSPS) is 18.5. The highest BCUT2D eigenvalue weighted by Gasteiger charge is 2.43. The number of methoxy groups -OCH3 is 1. The maximum Gasteiger partial charge on any atom is 0.0831 e. The van der Waals surface area contributed by atoms with Crippen molar-refractivity contribution in [1.29, 1.82) is 0 Å². The van der Waals surface area contributed by atoms with Gasteiger partial charge < -0.3 is 10.1 Å². The van der Waals surface area contributed by atoms with E-state index in [0.29, 0.717) is 6.04 Å². The summed E-state index contributed by atoms with van der Waals surface area (Å²) in [6.45, 7) is 3.33. The predicted octanol–water partition coefficient (Wildman–Crippen LogP) is 3.95. The summed E-state index contributed by atoms with van der Waals surface area (Å²) in [6, 6.07) is 11.3. The first kappa shape index (κ1) is 15.5. The molecule has 1 saturated carbocycles. The molecule has 0 amide bonds. The fraction of sp³-hybridized carbons (Fsp3) is 0.667. The minimum atomic E-state index is 0.117. The van der Waals surface area contributed by atoms with Gasteiger partial charge in [-0.3, -0.25) is 0 Å². The summed E-state index contributed by atoms with van der Waals surface area (Å²) < 4.78 is 5.87. The lowest BCUT2D eigenvalue weighted by Crippen LogP contribution is -2.56. The van der Waals surface area contributed by atoms with Crippen molar-refractivity contribution in [1.82, 2.24) is 5.32 Å². The molecule has 2 heteroatoms. The van der Waals surface area contributed by atoms with Gasteiger partial charge in [-0.1, -0.05) is 37.3 Å². The van der Waals surface area contributed by atoms with Crippen LogP contribution < -0.4 is 5.32 Å². The van der Waals surface area contributed by atoms with Crippen molar-refractivity contribution < 1.29 is 4.74 Å². The van der Waals surface area contributed by atoms with E-state index < -0.39 is 0 Å². The monoisotopic (exact) mass is 275 g/mol. The lowest BCUT2D eigenvalue weighted by molar-refractivity contribution is -0.100. The van der Waals surface area contributed by atoms with Gasteiger partial charge in [0.25, 0.3) is 0 Å². The zero-order valence-corrected chi connectivity index (χ0v) is 13.0. The molecule has 1 N–H and O–H groups in total. The Morgan fingerprint density at radius 2 is 2.00 bits per heavy atom. The van der Waals surface area contributed by atoms with Gasteiger partial charge in [0.1, 0.15) is 0 Å². The lowest BCUT2D eigenvalue weighted by atomic mass is 9.73. The van der Waals surface area contributed by atoms with Crippen LogP contribution in [0.15, 0.2) is 30.3 Å². The molecule has 1 aliphatic rings. The number of nitrogens with one attached hydrogen (secondary N) is 1. The zero-order chi connectivity index (χ0) is 14.3. The van der Waals surface area contributed by atoms with Crippen LogP contribution in [0.3, 0.4) is 0 Å². The number of aryl methyl sites for hydroxylation is 1. The van der Waals surface area contributed by atoms with Gasteiger partial charge in [0, 0.05) is 13.2 Å². The number of ether oxygens (including phenoxy) is 1. The molecule has 0 aromatic heterocycles. The number of benzene rings is 1. The van der Waals surface area contributed by atoms with Crippen LogP contribution in [-0.4, -0.2) is 25.3 Å². The summed E-state index contributed by atoms with van der Waals surface area (Å²) in [5, 5.41) is 3.72. The Bertz CT molecular complexity index is 367. The molecule has 1 aromatic rings. The van der Waals surface area contributed by atoms with E-state index in [-0.39, 0.29) is 5.60 Å². The zero-order valence-electron chi connectivity index (χ0n) is 13.0. The maximum absolute atomic E-state index is 5.87. The van der Waals surface area contributed by atoms with Gasteiger partial charge in [0.2, 0.25) is 0 Å². The topological polar surface area (TPSA) is 21.3 Å². The predicted molar refractivity (Wildman–Crippen MR) is 85.1 cm³/mol.